The molecule has 0 aromatic carbocycles. The molecule has 4 nitrogen and oxygen atoms in total. The molecule has 0 spiro atoms. The lowest BCUT2D eigenvalue weighted by Crippen LogP contribution is -2.56. The first-order valence-corrected chi connectivity index (χ1v) is 6.49. The van der Waals surface area contributed by atoms with Crippen molar-refractivity contribution in [1.82, 2.24) is 10.2 Å². The Morgan fingerprint density at radius 2 is 2.12 bits per heavy atom. The number of hydrogen-bond acceptors (Lipinski definition) is 3. The second-order valence-corrected chi connectivity index (χ2v) is 4.57. The summed E-state index contributed by atoms with van der Waals surface area (Å²) in [4.78, 5) is 13.5. The molecule has 1 atom stereocenters. The standard InChI is InChI=1S/C12H25N3O/c1-2-3-4-5-6-8-15-9-7-14-10-11(15)12(13)16/h11,14H,2-10H2,1H3,(H2,13,16). The number of piperazine rings is 1. The maximum atomic E-state index is 11.2. The maximum Gasteiger partial charge on any atom is 0.236 e. The molecular weight excluding hydrogens is 202 g/mol. The van der Waals surface area contributed by atoms with Gasteiger partial charge in [-0.15, -0.1) is 0 Å². The molecule has 94 valence electrons. The number of hydrogen-bond donors (Lipinski definition) is 2. The zero-order chi connectivity index (χ0) is 11.8. The van der Waals surface area contributed by atoms with E-state index in [0.29, 0.717) is 6.54 Å². The highest BCUT2D eigenvalue weighted by molar-refractivity contribution is 5.80. The van der Waals surface area contributed by atoms with Crippen LogP contribution in [0.4, 0.5) is 0 Å². The summed E-state index contributed by atoms with van der Waals surface area (Å²) in [5.41, 5.74) is 5.39. The van der Waals surface area contributed by atoms with E-state index in [1.165, 1.54) is 32.1 Å². The fourth-order valence-electron chi connectivity index (χ4n) is 2.21. The number of amides is 1. The minimum Gasteiger partial charge on any atom is -0.368 e. The van der Waals surface area contributed by atoms with Crippen molar-refractivity contribution >= 4 is 5.91 Å². The van der Waals surface area contributed by atoms with Gasteiger partial charge in [0.2, 0.25) is 5.91 Å². The van der Waals surface area contributed by atoms with Gasteiger partial charge in [0.25, 0.3) is 0 Å². The molecule has 1 unspecified atom stereocenters. The molecule has 0 aliphatic carbocycles. The fraction of sp³-hybridized carbons (Fsp3) is 0.917. The first kappa shape index (κ1) is 13.5. The number of nitrogens with one attached hydrogen (secondary N) is 1. The normalized spacial score (nSPS) is 22.2. The number of nitrogens with two attached hydrogens (primary N) is 1. The van der Waals surface area contributed by atoms with Crippen molar-refractivity contribution < 1.29 is 4.79 Å². The van der Waals surface area contributed by atoms with Crippen molar-refractivity contribution in [2.75, 3.05) is 26.2 Å². The Bertz CT molecular complexity index is 208. The van der Waals surface area contributed by atoms with Gasteiger partial charge in [-0.2, -0.15) is 0 Å². The molecule has 1 heterocycles. The average Bonchev–Trinajstić information content (AvgIpc) is 2.29. The van der Waals surface area contributed by atoms with Crippen molar-refractivity contribution in [1.29, 1.82) is 0 Å². The highest BCUT2D eigenvalue weighted by atomic mass is 16.1. The van der Waals surface area contributed by atoms with Crippen molar-refractivity contribution in [3.8, 4) is 0 Å². The number of rotatable bonds is 7. The summed E-state index contributed by atoms with van der Waals surface area (Å²) in [6.07, 6.45) is 6.36. The van der Waals surface area contributed by atoms with Gasteiger partial charge < -0.3 is 11.1 Å². The molecule has 1 fully saturated rings. The molecule has 3 N–H and O–H groups in total. The van der Waals surface area contributed by atoms with Gasteiger partial charge >= 0.3 is 0 Å². The lowest BCUT2D eigenvalue weighted by atomic mass is 10.1. The Morgan fingerprint density at radius 3 is 2.81 bits per heavy atom. The zero-order valence-corrected chi connectivity index (χ0v) is 10.4. The van der Waals surface area contributed by atoms with Crippen molar-refractivity contribution in [3.63, 3.8) is 0 Å². The van der Waals surface area contributed by atoms with Gasteiger partial charge in [0.05, 0.1) is 0 Å². The van der Waals surface area contributed by atoms with Crippen molar-refractivity contribution in [2.24, 2.45) is 5.73 Å². The third-order valence-electron chi connectivity index (χ3n) is 3.23. The Hall–Kier alpha value is -0.610. The molecule has 0 bridgehead atoms. The molecule has 1 saturated heterocycles. The SMILES string of the molecule is CCCCCCCN1CCNCC1C(N)=O. The Morgan fingerprint density at radius 1 is 1.38 bits per heavy atom. The van der Waals surface area contributed by atoms with E-state index >= 15 is 0 Å². The summed E-state index contributed by atoms with van der Waals surface area (Å²) in [6.45, 7) is 5.86. The minimum absolute atomic E-state index is 0.0973. The van der Waals surface area contributed by atoms with E-state index in [4.69, 9.17) is 5.73 Å². The van der Waals surface area contributed by atoms with E-state index in [9.17, 15) is 4.79 Å². The van der Waals surface area contributed by atoms with Gasteiger partial charge in [-0.25, -0.2) is 0 Å². The summed E-state index contributed by atoms with van der Waals surface area (Å²) in [7, 11) is 0. The summed E-state index contributed by atoms with van der Waals surface area (Å²) >= 11 is 0. The van der Waals surface area contributed by atoms with Gasteiger partial charge in [0, 0.05) is 19.6 Å². The van der Waals surface area contributed by atoms with Crippen LogP contribution in [0.15, 0.2) is 0 Å². The van der Waals surface area contributed by atoms with Crippen LogP contribution in [0, 0.1) is 0 Å². The molecule has 4 heteroatoms. The number of nitrogens with zero attached hydrogens (tertiary/aromatic N) is 1. The molecule has 1 rings (SSSR count). The fourth-order valence-corrected chi connectivity index (χ4v) is 2.21. The van der Waals surface area contributed by atoms with Crippen LogP contribution in [0.25, 0.3) is 0 Å². The second kappa shape index (κ2) is 7.63. The van der Waals surface area contributed by atoms with E-state index in [1.54, 1.807) is 0 Å². The zero-order valence-electron chi connectivity index (χ0n) is 10.4. The molecule has 1 amide bonds. The van der Waals surface area contributed by atoms with Gasteiger partial charge in [-0.1, -0.05) is 32.6 Å². The second-order valence-electron chi connectivity index (χ2n) is 4.57. The topological polar surface area (TPSA) is 58.4 Å². The van der Waals surface area contributed by atoms with Crippen LogP contribution >= 0.6 is 0 Å². The average molecular weight is 227 g/mol. The molecule has 16 heavy (non-hydrogen) atoms. The Balaban J connectivity index is 2.19. The predicted molar refractivity (Wildman–Crippen MR) is 66.2 cm³/mol. The molecule has 0 aromatic heterocycles. The summed E-state index contributed by atoms with van der Waals surface area (Å²) in [6, 6.07) is -0.0973. The smallest absolute Gasteiger partial charge is 0.236 e. The monoisotopic (exact) mass is 227 g/mol. The van der Waals surface area contributed by atoms with E-state index in [2.05, 4.69) is 17.1 Å². The molecule has 0 radical (unpaired) electrons. The third-order valence-corrected chi connectivity index (χ3v) is 3.23. The van der Waals surface area contributed by atoms with Gasteiger partial charge in [0.1, 0.15) is 6.04 Å². The highest BCUT2D eigenvalue weighted by Gasteiger charge is 2.25. The number of carbonyl (C=O) groups is 1. The summed E-state index contributed by atoms with van der Waals surface area (Å²) in [5, 5.41) is 3.21. The molecule has 1 aliphatic heterocycles. The Labute approximate surface area is 98.6 Å². The van der Waals surface area contributed by atoms with Crippen LogP contribution in [0.3, 0.4) is 0 Å². The maximum absolute atomic E-state index is 11.2. The molecule has 0 aromatic rings. The van der Waals surface area contributed by atoms with Gasteiger partial charge in [-0.05, 0) is 13.0 Å². The van der Waals surface area contributed by atoms with Gasteiger partial charge in [0.15, 0.2) is 0 Å². The quantitative estimate of drug-likeness (QED) is 0.630. The lowest BCUT2D eigenvalue weighted by molar-refractivity contribution is -0.123. The van der Waals surface area contributed by atoms with Crippen molar-refractivity contribution in [3.05, 3.63) is 0 Å². The van der Waals surface area contributed by atoms with Crippen LogP contribution in [0.2, 0.25) is 0 Å². The van der Waals surface area contributed by atoms with E-state index in [1.807, 2.05) is 0 Å². The number of carbonyl (C=O) groups excluding carboxylic acids is 1. The molecule has 1 aliphatic rings. The Kier molecular flexibility index (Phi) is 6.42. The van der Waals surface area contributed by atoms with Crippen molar-refractivity contribution in [2.45, 2.75) is 45.1 Å². The van der Waals surface area contributed by atoms with Crippen LogP contribution in [-0.4, -0.2) is 43.0 Å². The highest BCUT2D eigenvalue weighted by Crippen LogP contribution is 2.08. The molecular formula is C12H25N3O. The van der Waals surface area contributed by atoms with E-state index in [0.717, 1.165) is 19.6 Å². The minimum atomic E-state index is -0.194. The van der Waals surface area contributed by atoms with Crippen LogP contribution in [-0.2, 0) is 4.79 Å². The lowest BCUT2D eigenvalue weighted by Gasteiger charge is -2.34. The predicted octanol–water partition coefficient (Wildman–Crippen LogP) is 0.716. The molecule has 0 saturated carbocycles. The summed E-state index contributed by atoms with van der Waals surface area (Å²) < 4.78 is 0. The summed E-state index contributed by atoms with van der Waals surface area (Å²) in [5.74, 6) is -0.194. The first-order chi connectivity index (χ1) is 7.75. The first-order valence-electron chi connectivity index (χ1n) is 6.49. The van der Waals surface area contributed by atoms with Crippen LogP contribution in [0.1, 0.15) is 39.0 Å². The largest absolute Gasteiger partial charge is 0.368 e. The van der Waals surface area contributed by atoms with Crippen LogP contribution < -0.4 is 11.1 Å². The third kappa shape index (κ3) is 4.49. The van der Waals surface area contributed by atoms with E-state index < -0.39 is 0 Å². The van der Waals surface area contributed by atoms with Gasteiger partial charge in [-0.3, -0.25) is 9.69 Å². The van der Waals surface area contributed by atoms with Crippen LogP contribution in [0.5, 0.6) is 0 Å². The van der Waals surface area contributed by atoms with E-state index in [-0.39, 0.29) is 11.9 Å². The number of unbranched alkanes of at least 4 members (excludes halogenated alkanes) is 4. The number of primary amides is 1.